The van der Waals surface area contributed by atoms with E-state index in [9.17, 15) is 18.4 Å². The van der Waals surface area contributed by atoms with Gasteiger partial charge in [0.05, 0.1) is 0 Å². The highest BCUT2D eigenvalue weighted by atomic mass is 19.1. The molecule has 0 saturated heterocycles. The molecule has 2 atom stereocenters. The third-order valence-corrected chi connectivity index (χ3v) is 3.81. The van der Waals surface area contributed by atoms with Gasteiger partial charge in [0.2, 0.25) is 0 Å². The van der Waals surface area contributed by atoms with Crippen molar-refractivity contribution < 1.29 is 18.4 Å². The van der Waals surface area contributed by atoms with Gasteiger partial charge in [-0.15, -0.1) is 0 Å². The molecule has 1 aliphatic rings. The zero-order chi connectivity index (χ0) is 17.2. The second kappa shape index (κ2) is 10.1. The van der Waals surface area contributed by atoms with Crippen LogP contribution in [0.3, 0.4) is 0 Å². The summed E-state index contributed by atoms with van der Waals surface area (Å²) in [4.78, 5) is 23.5. The Bertz CT molecular complexity index is 433. The number of rotatable bonds is 8. The Morgan fingerprint density at radius 1 is 0.913 bits per heavy atom. The lowest BCUT2D eigenvalue weighted by Crippen LogP contribution is -2.48. The molecular formula is C17H26F2N2O2. The molecule has 4 nitrogen and oxygen atoms in total. The number of unbranched alkanes of at least 4 members (excludes halogenated alkanes) is 2. The van der Waals surface area contributed by atoms with E-state index in [2.05, 4.69) is 10.6 Å². The summed E-state index contributed by atoms with van der Waals surface area (Å²) in [6, 6.07) is -0.739. The average molecular weight is 328 g/mol. The number of amides is 2. The Labute approximate surface area is 136 Å². The van der Waals surface area contributed by atoms with Crippen molar-refractivity contribution in [1.29, 1.82) is 0 Å². The first-order valence-electron chi connectivity index (χ1n) is 8.32. The molecule has 23 heavy (non-hydrogen) atoms. The van der Waals surface area contributed by atoms with Gasteiger partial charge in [-0.25, -0.2) is 8.78 Å². The number of nitrogens with one attached hydrogen (secondary N) is 2. The highest BCUT2D eigenvalue weighted by Gasteiger charge is 2.31. The van der Waals surface area contributed by atoms with Crippen LogP contribution in [0.5, 0.6) is 0 Å². The highest BCUT2D eigenvalue weighted by molar-refractivity contribution is 5.92. The van der Waals surface area contributed by atoms with Crippen molar-refractivity contribution in [3.05, 3.63) is 23.8 Å². The van der Waals surface area contributed by atoms with Gasteiger partial charge in [0, 0.05) is 12.1 Å². The lowest BCUT2D eigenvalue weighted by atomic mass is 10.1. The first-order valence-corrected chi connectivity index (χ1v) is 8.32. The number of carbonyl (C=O) groups excluding carboxylic acids is 2. The second-order valence-corrected chi connectivity index (χ2v) is 5.77. The molecule has 130 valence electrons. The number of allylic oxidation sites excluding steroid dienone is 2. The van der Waals surface area contributed by atoms with Crippen LogP contribution in [0.15, 0.2) is 23.8 Å². The molecule has 0 radical (unpaired) electrons. The van der Waals surface area contributed by atoms with Gasteiger partial charge in [-0.3, -0.25) is 9.59 Å². The zero-order valence-corrected chi connectivity index (χ0v) is 13.8. The van der Waals surface area contributed by atoms with E-state index in [1.165, 1.54) is 12.2 Å². The molecule has 0 heterocycles. The summed E-state index contributed by atoms with van der Waals surface area (Å²) in [6.07, 6.45) is 7.08. The van der Waals surface area contributed by atoms with Crippen LogP contribution in [0.4, 0.5) is 8.78 Å². The fourth-order valence-electron chi connectivity index (χ4n) is 2.51. The van der Waals surface area contributed by atoms with Crippen molar-refractivity contribution in [2.75, 3.05) is 0 Å². The Balaban J connectivity index is 2.57. The highest BCUT2D eigenvalue weighted by Crippen LogP contribution is 2.20. The van der Waals surface area contributed by atoms with Gasteiger partial charge in [0.15, 0.2) is 11.7 Å². The van der Waals surface area contributed by atoms with Crippen LogP contribution in [0, 0.1) is 0 Å². The quantitative estimate of drug-likeness (QED) is 0.671. The standard InChI is InChI=1S/C17H26F2N2O2/c1-3-5-8-12(18)16(22)20-14-10-7-11-15(14)21-17(23)13(19)9-6-4-2/h8-9,14-15H,3-7,10-11H2,1-2H3,(H,20,22)(H,21,23). The predicted octanol–water partition coefficient (Wildman–Crippen LogP) is 3.45. The van der Waals surface area contributed by atoms with Crippen molar-refractivity contribution >= 4 is 11.8 Å². The van der Waals surface area contributed by atoms with Crippen molar-refractivity contribution in [2.24, 2.45) is 0 Å². The van der Waals surface area contributed by atoms with E-state index in [0.717, 1.165) is 19.3 Å². The molecule has 0 aliphatic heterocycles. The molecule has 1 fully saturated rings. The molecular weight excluding hydrogens is 302 g/mol. The monoisotopic (exact) mass is 328 g/mol. The van der Waals surface area contributed by atoms with Crippen LogP contribution in [-0.4, -0.2) is 23.9 Å². The Morgan fingerprint density at radius 2 is 1.30 bits per heavy atom. The maximum absolute atomic E-state index is 13.6. The average Bonchev–Trinajstić information content (AvgIpc) is 2.96. The maximum Gasteiger partial charge on any atom is 0.279 e. The molecule has 1 rings (SSSR count). The van der Waals surface area contributed by atoms with E-state index >= 15 is 0 Å². The molecule has 6 heteroatoms. The lowest BCUT2D eigenvalue weighted by Gasteiger charge is -2.21. The van der Waals surface area contributed by atoms with Crippen LogP contribution >= 0.6 is 0 Å². The van der Waals surface area contributed by atoms with Crippen LogP contribution in [0.1, 0.15) is 58.8 Å². The minimum absolute atomic E-state index is 0.369. The van der Waals surface area contributed by atoms with E-state index in [1.54, 1.807) is 0 Å². The first kappa shape index (κ1) is 19.3. The topological polar surface area (TPSA) is 58.2 Å². The summed E-state index contributed by atoms with van der Waals surface area (Å²) >= 11 is 0. The molecule has 0 aromatic heterocycles. The summed E-state index contributed by atoms with van der Waals surface area (Å²) in [5.74, 6) is -3.16. The first-order chi connectivity index (χ1) is 11.0. The molecule has 0 aromatic carbocycles. The molecule has 2 amide bonds. The van der Waals surface area contributed by atoms with E-state index in [1.807, 2.05) is 13.8 Å². The van der Waals surface area contributed by atoms with Crippen molar-refractivity contribution in [3.63, 3.8) is 0 Å². The predicted molar refractivity (Wildman–Crippen MR) is 85.9 cm³/mol. The van der Waals surface area contributed by atoms with Gasteiger partial charge in [-0.2, -0.15) is 0 Å². The molecule has 2 unspecified atom stereocenters. The molecule has 2 N–H and O–H groups in total. The summed E-state index contributed by atoms with van der Waals surface area (Å²) < 4.78 is 27.2. The second-order valence-electron chi connectivity index (χ2n) is 5.77. The molecule has 0 spiro atoms. The Hall–Kier alpha value is -1.72. The lowest BCUT2D eigenvalue weighted by molar-refractivity contribution is -0.122. The summed E-state index contributed by atoms with van der Waals surface area (Å²) in [7, 11) is 0. The number of hydrogen-bond donors (Lipinski definition) is 2. The summed E-state index contributed by atoms with van der Waals surface area (Å²) in [5.41, 5.74) is 0. The Kier molecular flexibility index (Phi) is 8.51. The molecule has 1 saturated carbocycles. The van der Waals surface area contributed by atoms with Crippen molar-refractivity contribution in [2.45, 2.75) is 70.9 Å². The van der Waals surface area contributed by atoms with Crippen LogP contribution < -0.4 is 10.6 Å². The number of halogens is 2. The fourth-order valence-corrected chi connectivity index (χ4v) is 2.51. The fraction of sp³-hybridized carbons (Fsp3) is 0.647. The van der Waals surface area contributed by atoms with E-state index in [-0.39, 0.29) is 12.1 Å². The van der Waals surface area contributed by atoms with Gasteiger partial charge < -0.3 is 10.6 Å². The summed E-state index contributed by atoms with van der Waals surface area (Å²) in [6.45, 7) is 3.79. The smallest absolute Gasteiger partial charge is 0.279 e. The van der Waals surface area contributed by atoms with E-state index in [0.29, 0.717) is 25.7 Å². The number of hydrogen-bond acceptors (Lipinski definition) is 2. The maximum atomic E-state index is 13.6. The van der Waals surface area contributed by atoms with E-state index < -0.39 is 23.5 Å². The van der Waals surface area contributed by atoms with Crippen molar-refractivity contribution in [3.8, 4) is 0 Å². The zero-order valence-electron chi connectivity index (χ0n) is 13.8. The molecule has 0 aromatic rings. The third-order valence-electron chi connectivity index (χ3n) is 3.81. The van der Waals surface area contributed by atoms with E-state index in [4.69, 9.17) is 0 Å². The largest absolute Gasteiger partial charge is 0.345 e. The van der Waals surface area contributed by atoms with Gasteiger partial charge in [-0.05, 0) is 44.3 Å². The molecule has 0 bridgehead atoms. The van der Waals surface area contributed by atoms with Crippen LogP contribution in [0.2, 0.25) is 0 Å². The van der Waals surface area contributed by atoms with Gasteiger partial charge in [0.25, 0.3) is 11.8 Å². The van der Waals surface area contributed by atoms with Crippen LogP contribution in [0.25, 0.3) is 0 Å². The van der Waals surface area contributed by atoms with Gasteiger partial charge in [-0.1, -0.05) is 26.7 Å². The number of carbonyl (C=O) groups is 2. The van der Waals surface area contributed by atoms with Crippen molar-refractivity contribution in [1.82, 2.24) is 10.6 Å². The minimum Gasteiger partial charge on any atom is -0.345 e. The summed E-state index contributed by atoms with van der Waals surface area (Å²) in [5, 5.41) is 5.17. The Morgan fingerprint density at radius 3 is 1.65 bits per heavy atom. The normalized spacial score (nSPS) is 22.1. The van der Waals surface area contributed by atoms with Crippen LogP contribution in [-0.2, 0) is 9.59 Å². The molecule has 1 aliphatic carbocycles. The minimum atomic E-state index is -0.808. The van der Waals surface area contributed by atoms with Gasteiger partial charge in [0.1, 0.15) is 0 Å². The third kappa shape index (κ3) is 6.50. The van der Waals surface area contributed by atoms with Gasteiger partial charge >= 0.3 is 0 Å². The SMILES string of the molecule is CCCC=C(F)C(=O)NC1CCCC1NC(=O)C(F)=CCCC.